The fraction of sp³-hybridized carbons (Fsp3) is 0.381. The van der Waals surface area contributed by atoms with Crippen molar-refractivity contribution in [3.63, 3.8) is 0 Å². The largest absolute Gasteiger partial charge is 0.495 e. The van der Waals surface area contributed by atoms with Crippen molar-refractivity contribution in [1.82, 2.24) is 9.88 Å². The molecular formula is C21H23ClN2O. The van der Waals surface area contributed by atoms with Gasteiger partial charge in [0.15, 0.2) is 0 Å². The third-order valence-corrected chi connectivity index (χ3v) is 5.06. The Morgan fingerprint density at radius 1 is 1.12 bits per heavy atom. The van der Waals surface area contributed by atoms with Gasteiger partial charge in [-0.2, -0.15) is 0 Å². The molecule has 0 amide bonds. The van der Waals surface area contributed by atoms with Crippen molar-refractivity contribution in [1.29, 1.82) is 0 Å². The van der Waals surface area contributed by atoms with Crippen LogP contribution >= 0.6 is 11.6 Å². The number of ether oxygens (including phenoxy) is 1. The van der Waals surface area contributed by atoms with Gasteiger partial charge < -0.3 is 9.64 Å². The van der Waals surface area contributed by atoms with Crippen LogP contribution in [0, 0.1) is 0 Å². The van der Waals surface area contributed by atoms with Crippen molar-refractivity contribution < 1.29 is 10.2 Å². The fourth-order valence-electron chi connectivity index (χ4n) is 3.51. The molecule has 2 heterocycles. The maximum atomic E-state index is 8.41. The number of aromatic nitrogens is 1. The number of hydrogen-bond donors (Lipinski definition) is 0. The molecule has 1 fully saturated rings. The Hall–Kier alpha value is -1.84. The quantitative estimate of drug-likeness (QED) is 0.756. The highest BCUT2D eigenvalue weighted by molar-refractivity contribution is 6.30. The van der Waals surface area contributed by atoms with Crippen molar-refractivity contribution >= 4 is 17.2 Å². The molecule has 1 aromatic carbocycles. The lowest BCUT2D eigenvalue weighted by Gasteiger charge is -2.27. The zero-order valence-corrected chi connectivity index (χ0v) is 15.2. The molecule has 1 aromatic heterocycles. The van der Waals surface area contributed by atoms with Crippen LogP contribution in [-0.2, 0) is 12.8 Å². The predicted octanol–water partition coefficient (Wildman–Crippen LogP) is 4.37. The summed E-state index contributed by atoms with van der Waals surface area (Å²) in [6.45, 7) is -3.59. The van der Waals surface area contributed by atoms with Gasteiger partial charge in [0.25, 0.3) is 0 Å². The minimum Gasteiger partial charge on any atom is -0.495 e. The number of nitrogens with zero attached hydrogens (tertiary/aromatic N) is 2. The normalized spacial score (nSPS) is 24.1. The summed E-state index contributed by atoms with van der Waals surface area (Å²) >= 11 is 6.25. The summed E-state index contributed by atoms with van der Waals surface area (Å²) in [7, 11) is 3.10. The summed E-state index contributed by atoms with van der Waals surface area (Å²) in [5.41, 5.74) is 5.38. The molecule has 0 N–H and O–H groups in total. The maximum Gasteiger partial charge on any atom is 0.137 e. The Labute approximate surface area is 159 Å². The third-order valence-electron chi connectivity index (χ3n) is 4.83. The Kier molecular flexibility index (Phi) is 3.41. The minimum absolute atomic E-state index is 0.119. The van der Waals surface area contributed by atoms with Gasteiger partial charge >= 0.3 is 0 Å². The van der Waals surface area contributed by atoms with Gasteiger partial charge in [-0.25, -0.2) is 0 Å². The van der Waals surface area contributed by atoms with E-state index in [1.165, 1.54) is 11.9 Å². The molecule has 3 nitrogen and oxygen atoms in total. The number of halogens is 1. The lowest BCUT2D eigenvalue weighted by Crippen LogP contribution is -2.27. The van der Waals surface area contributed by atoms with Gasteiger partial charge in [0, 0.05) is 29.1 Å². The van der Waals surface area contributed by atoms with Crippen LogP contribution in [0.2, 0.25) is 5.02 Å². The molecule has 2 aliphatic rings. The van der Waals surface area contributed by atoms with Gasteiger partial charge in [-0.1, -0.05) is 23.2 Å². The first-order chi connectivity index (χ1) is 13.6. The van der Waals surface area contributed by atoms with Gasteiger partial charge in [0.2, 0.25) is 0 Å². The van der Waals surface area contributed by atoms with Crippen molar-refractivity contribution in [2.45, 2.75) is 25.7 Å². The first-order valence-corrected chi connectivity index (χ1v) is 8.78. The van der Waals surface area contributed by atoms with Crippen LogP contribution in [0.25, 0.3) is 5.57 Å². The first kappa shape index (κ1) is 12.5. The number of hydrogen-bond acceptors (Lipinski definition) is 3. The lowest BCUT2D eigenvalue weighted by molar-refractivity contribution is 0.313. The molecule has 4 heteroatoms. The van der Waals surface area contributed by atoms with Crippen molar-refractivity contribution in [3.05, 3.63) is 63.4 Å². The Morgan fingerprint density at radius 3 is 2.64 bits per heavy atom. The zero-order valence-electron chi connectivity index (χ0n) is 18.4. The maximum absolute atomic E-state index is 8.41. The smallest absolute Gasteiger partial charge is 0.137 e. The average molecular weight is 359 g/mol. The van der Waals surface area contributed by atoms with E-state index in [1.54, 1.807) is 13.3 Å². The van der Waals surface area contributed by atoms with E-state index in [1.807, 2.05) is 24.3 Å². The summed E-state index contributed by atoms with van der Waals surface area (Å²) in [6.07, 6.45) is 3.43. The second-order valence-electron chi connectivity index (χ2n) is 6.39. The molecule has 4 rings (SSSR count). The summed E-state index contributed by atoms with van der Waals surface area (Å²) in [5, 5.41) is 0.652. The van der Waals surface area contributed by atoms with Gasteiger partial charge in [-0.3, -0.25) is 4.98 Å². The average Bonchev–Trinajstić information content (AvgIpc) is 2.81. The van der Waals surface area contributed by atoms with Crippen LogP contribution in [0.15, 0.2) is 36.0 Å². The standard InChI is InChI=1S/C21H23ClN2O/c1-24-9-7-14(8-10-24)20-19-6-5-17(22)11-15(19)3-4-16-12-18(25-2)13-23-21(16)20/h5-6,11-13H,3-4,7-10H2,1-2H3/i9D2,10D2. The second kappa shape index (κ2) is 6.81. The summed E-state index contributed by atoms with van der Waals surface area (Å²) in [4.78, 5) is 5.85. The molecule has 1 saturated heterocycles. The van der Waals surface area contributed by atoms with E-state index in [9.17, 15) is 0 Å². The van der Waals surface area contributed by atoms with Crippen LogP contribution < -0.4 is 4.74 Å². The molecule has 0 bridgehead atoms. The van der Waals surface area contributed by atoms with E-state index in [0.29, 0.717) is 10.8 Å². The molecule has 0 radical (unpaired) electrons. The molecule has 2 aromatic rings. The zero-order chi connectivity index (χ0) is 21.0. The second-order valence-corrected chi connectivity index (χ2v) is 6.83. The van der Waals surface area contributed by atoms with E-state index in [2.05, 4.69) is 4.98 Å². The highest BCUT2D eigenvalue weighted by atomic mass is 35.5. The fourth-order valence-corrected chi connectivity index (χ4v) is 3.70. The number of piperidine rings is 1. The highest BCUT2D eigenvalue weighted by Gasteiger charge is 2.24. The highest BCUT2D eigenvalue weighted by Crippen LogP contribution is 2.39. The number of likely N-dealkylation sites (tertiary alicyclic amines) is 1. The van der Waals surface area contributed by atoms with Crippen molar-refractivity contribution in [3.8, 4) is 5.75 Å². The summed E-state index contributed by atoms with van der Waals surface area (Å²) in [6, 6.07) is 7.69. The Balaban J connectivity index is 2.00. The molecule has 25 heavy (non-hydrogen) atoms. The van der Waals surface area contributed by atoms with Gasteiger partial charge in [0.1, 0.15) is 5.75 Å². The van der Waals surface area contributed by atoms with Crippen LogP contribution in [0.4, 0.5) is 0 Å². The van der Waals surface area contributed by atoms with E-state index in [4.69, 9.17) is 21.8 Å². The van der Waals surface area contributed by atoms with Gasteiger partial charge in [-0.15, -0.1) is 0 Å². The minimum atomic E-state index is -1.80. The van der Waals surface area contributed by atoms with Crippen molar-refractivity contribution in [2.24, 2.45) is 0 Å². The van der Waals surface area contributed by atoms with Crippen LogP contribution in [0.1, 0.15) is 40.7 Å². The van der Waals surface area contributed by atoms with E-state index in [0.717, 1.165) is 46.4 Å². The van der Waals surface area contributed by atoms with E-state index >= 15 is 0 Å². The SMILES string of the molecule is [2H]C1([2H])CC(=C2c3ccc(Cl)cc3CCc3cc(OC)cnc32)CC([2H])([2H])N1C. The number of pyridine rings is 1. The number of aryl methyl sites for hydroxylation is 2. The predicted molar refractivity (Wildman–Crippen MR) is 102 cm³/mol. The number of benzene rings is 1. The van der Waals surface area contributed by atoms with Crippen LogP contribution in [-0.4, -0.2) is 37.0 Å². The third kappa shape index (κ3) is 3.19. The monoisotopic (exact) mass is 358 g/mol. The van der Waals surface area contributed by atoms with Crippen LogP contribution in [0.3, 0.4) is 0 Å². The topological polar surface area (TPSA) is 25.4 Å². The summed E-state index contributed by atoms with van der Waals surface area (Å²) < 4.78 is 39.0. The first-order valence-electron chi connectivity index (χ1n) is 10.4. The lowest BCUT2D eigenvalue weighted by atomic mass is 9.88. The molecule has 130 valence electrons. The molecular weight excluding hydrogens is 332 g/mol. The molecule has 0 saturated carbocycles. The van der Waals surface area contributed by atoms with Crippen LogP contribution in [0.5, 0.6) is 5.75 Å². The van der Waals surface area contributed by atoms with Gasteiger partial charge in [-0.05, 0) is 67.6 Å². The molecule has 0 atom stereocenters. The summed E-state index contributed by atoms with van der Waals surface area (Å²) in [5.74, 6) is 0.672. The van der Waals surface area contributed by atoms with E-state index < -0.39 is 13.0 Å². The number of rotatable bonds is 1. The molecule has 0 unspecified atom stereocenters. The van der Waals surface area contributed by atoms with E-state index in [-0.39, 0.29) is 12.8 Å². The van der Waals surface area contributed by atoms with Gasteiger partial charge in [0.05, 0.1) is 19.0 Å². The molecule has 1 aliphatic carbocycles. The Bertz CT molecular complexity index is 986. The number of methoxy groups -OCH3 is 1. The van der Waals surface area contributed by atoms with Crippen molar-refractivity contribution in [2.75, 3.05) is 27.2 Å². The molecule has 0 spiro atoms. The number of fused-ring (bicyclic) bond motifs is 2. The Morgan fingerprint density at radius 2 is 1.88 bits per heavy atom. The molecule has 1 aliphatic heterocycles.